The summed E-state index contributed by atoms with van der Waals surface area (Å²) < 4.78 is 2.01. The van der Waals surface area contributed by atoms with Crippen molar-refractivity contribution in [1.82, 2.24) is 4.57 Å². The Hall–Kier alpha value is -1.74. The Kier molecular flexibility index (Phi) is 3.72. The highest BCUT2D eigenvalue weighted by Gasteiger charge is 2.12. The Labute approximate surface area is 107 Å². The summed E-state index contributed by atoms with van der Waals surface area (Å²) >= 11 is 0. The Morgan fingerprint density at radius 3 is 2.67 bits per heavy atom. The molecule has 1 unspecified atom stereocenters. The lowest BCUT2D eigenvalue weighted by molar-refractivity contribution is 0.127. The lowest BCUT2D eigenvalue weighted by Crippen LogP contribution is -2.04. The van der Waals surface area contributed by atoms with Crippen LogP contribution in [0.3, 0.4) is 0 Å². The standard InChI is InChI=1S/C15H19NO2/c1-11(2)15(18)13-6-7-16(10-13)9-12-4-3-5-14(17)8-12/h3-8,10-11,15,17-18H,9H2,1-2H3. The molecule has 0 aliphatic heterocycles. The van der Waals surface area contributed by atoms with Gasteiger partial charge in [0.15, 0.2) is 0 Å². The van der Waals surface area contributed by atoms with E-state index < -0.39 is 6.10 Å². The summed E-state index contributed by atoms with van der Waals surface area (Å²) in [6.45, 7) is 4.69. The Morgan fingerprint density at radius 1 is 1.22 bits per heavy atom. The van der Waals surface area contributed by atoms with Crippen LogP contribution in [-0.2, 0) is 6.54 Å². The van der Waals surface area contributed by atoms with Gasteiger partial charge in [-0.15, -0.1) is 0 Å². The molecule has 0 saturated carbocycles. The van der Waals surface area contributed by atoms with Gasteiger partial charge >= 0.3 is 0 Å². The van der Waals surface area contributed by atoms with Crippen LogP contribution in [0.2, 0.25) is 0 Å². The van der Waals surface area contributed by atoms with Crippen LogP contribution < -0.4 is 0 Å². The molecule has 18 heavy (non-hydrogen) atoms. The first kappa shape index (κ1) is 12.7. The van der Waals surface area contributed by atoms with E-state index in [0.29, 0.717) is 6.54 Å². The minimum absolute atomic E-state index is 0.210. The van der Waals surface area contributed by atoms with Crippen molar-refractivity contribution in [3.63, 3.8) is 0 Å². The van der Waals surface area contributed by atoms with Crippen LogP contribution in [0.25, 0.3) is 0 Å². The van der Waals surface area contributed by atoms with Gasteiger partial charge in [0.05, 0.1) is 6.10 Å². The van der Waals surface area contributed by atoms with E-state index >= 15 is 0 Å². The minimum atomic E-state index is -0.421. The smallest absolute Gasteiger partial charge is 0.115 e. The third-order valence-corrected chi connectivity index (χ3v) is 3.02. The lowest BCUT2D eigenvalue weighted by Gasteiger charge is -2.12. The van der Waals surface area contributed by atoms with Crippen LogP contribution in [-0.4, -0.2) is 14.8 Å². The summed E-state index contributed by atoms with van der Waals surface area (Å²) in [6.07, 6.45) is 3.48. The van der Waals surface area contributed by atoms with Crippen LogP contribution >= 0.6 is 0 Å². The van der Waals surface area contributed by atoms with E-state index in [1.54, 1.807) is 12.1 Å². The van der Waals surface area contributed by atoms with Crippen molar-refractivity contribution >= 4 is 0 Å². The number of aromatic nitrogens is 1. The minimum Gasteiger partial charge on any atom is -0.508 e. The summed E-state index contributed by atoms with van der Waals surface area (Å²) in [4.78, 5) is 0. The van der Waals surface area contributed by atoms with Gasteiger partial charge in [-0.25, -0.2) is 0 Å². The molecule has 0 aliphatic rings. The fourth-order valence-electron chi connectivity index (χ4n) is 1.98. The number of rotatable bonds is 4. The first-order valence-corrected chi connectivity index (χ1v) is 6.18. The van der Waals surface area contributed by atoms with Crippen molar-refractivity contribution in [3.05, 3.63) is 53.9 Å². The number of nitrogens with zero attached hydrogens (tertiary/aromatic N) is 1. The zero-order valence-corrected chi connectivity index (χ0v) is 10.7. The molecule has 1 aromatic heterocycles. The number of aromatic hydroxyl groups is 1. The molecule has 0 bridgehead atoms. The number of benzene rings is 1. The fourth-order valence-corrected chi connectivity index (χ4v) is 1.98. The zero-order chi connectivity index (χ0) is 13.1. The number of aliphatic hydroxyl groups is 1. The topological polar surface area (TPSA) is 45.4 Å². The van der Waals surface area contributed by atoms with E-state index in [-0.39, 0.29) is 11.7 Å². The molecule has 2 aromatic rings. The predicted molar refractivity (Wildman–Crippen MR) is 71.4 cm³/mol. The number of hydrogen-bond donors (Lipinski definition) is 2. The molecule has 2 rings (SSSR count). The second-order valence-corrected chi connectivity index (χ2v) is 4.98. The second kappa shape index (κ2) is 5.27. The fraction of sp³-hybridized carbons (Fsp3) is 0.333. The molecule has 0 saturated heterocycles. The molecule has 0 radical (unpaired) electrons. The van der Waals surface area contributed by atoms with E-state index in [9.17, 15) is 10.2 Å². The molecule has 1 heterocycles. The van der Waals surface area contributed by atoms with Crippen molar-refractivity contribution in [1.29, 1.82) is 0 Å². The van der Waals surface area contributed by atoms with Crippen LogP contribution in [0.4, 0.5) is 0 Å². The molecule has 0 spiro atoms. The van der Waals surface area contributed by atoms with Gasteiger partial charge in [-0.3, -0.25) is 0 Å². The molecule has 3 heteroatoms. The molecular weight excluding hydrogens is 226 g/mol. The van der Waals surface area contributed by atoms with Crippen molar-refractivity contribution in [2.24, 2.45) is 5.92 Å². The van der Waals surface area contributed by atoms with E-state index in [0.717, 1.165) is 11.1 Å². The van der Waals surface area contributed by atoms with Crippen molar-refractivity contribution in [2.75, 3.05) is 0 Å². The van der Waals surface area contributed by atoms with Gasteiger partial charge in [0.25, 0.3) is 0 Å². The van der Waals surface area contributed by atoms with E-state index in [4.69, 9.17) is 0 Å². The Bertz CT molecular complexity index is 517. The average molecular weight is 245 g/mol. The highest BCUT2D eigenvalue weighted by molar-refractivity contribution is 5.27. The number of aliphatic hydroxyl groups excluding tert-OH is 1. The van der Waals surface area contributed by atoms with Gasteiger partial charge in [-0.1, -0.05) is 26.0 Å². The molecule has 1 aromatic carbocycles. The van der Waals surface area contributed by atoms with Crippen molar-refractivity contribution in [2.45, 2.75) is 26.5 Å². The van der Waals surface area contributed by atoms with Crippen LogP contribution in [0.5, 0.6) is 5.75 Å². The molecule has 96 valence electrons. The van der Waals surface area contributed by atoms with Gasteiger partial charge in [-0.05, 0) is 35.2 Å². The lowest BCUT2D eigenvalue weighted by atomic mass is 10.0. The van der Waals surface area contributed by atoms with Crippen LogP contribution in [0, 0.1) is 5.92 Å². The summed E-state index contributed by atoms with van der Waals surface area (Å²) in [5.41, 5.74) is 1.97. The summed E-state index contributed by atoms with van der Waals surface area (Å²) in [5, 5.41) is 19.4. The molecule has 0 aliphatic carbocycles. The normalized spacial score (nSPS) is 12.9. The highest BCUT2D eigenvalue weighted by Crippen LogP contribution is 2.22. The average Bonchev–Trinajstić information content (AvgIpc) is 2.76. The molecule has 0 amide bonds. The van der Waals surface area contributed by atoms with Crippen LogP contribution in [0.1, 0.15) is 31.1 Å². The maximum Gasteiger partial charge on any atom is 0.115 e. The van der Waals surface area contributed by atoms with E-state index in [2.05, 4.69) is 0 Å². The molecule has 1 atom stereocenters. The second-order valence-electron chi connectivity index (χ2n) is 4.98. The van der Waals surface area contributed by atoms with Gasteiger partial charge in [0.1, 0.15) is 5.75 Å². The number of phenolic OH excluding ortho intramolecular Hbond substituents is 1. The van der Waals surface area contributed by atoms with E-state index in [1.807, 2.05) is 49.0 Å². The first-order chi connectivity index (χ1) is 8.56. The summed E-state index contributed by atoms with van der Waals surface area (Å²) in [5.74, 6) is 0.490. The van der Waals surface area contributed by atoms with E-state index in [1.165, 1.54) is 0 Å². The van der Waals surface area contributed by atoms with Crippen molar-refractivity contribution < 1.29 is 10.2 Å². The van der Waals surface area contributed by atoms with Gasteiger partial charge in [0.2, 0.25) is 0 Å². The summed E-state index contributed by atoms with van der Waals surface area (Å²) in [7, 11) is 0. The quantitative estimate of drug-likeness (QED) is 0.870. The third kappa shape index (κ3) is 2.93. The van der Waals surface area contributed by atoms with Gasteiger partial charge in [0, 0.05) is 18.9 Å². The summed E-state index contributed by atoms with van der Waals surface area (Å²) in [6, 6.07) is 9.15. The molecule has 0 fully saturated rings. The number of hydrogen-bond acceptors (Lipinski definition) is 2. The predicted octanol–water partition coefficient (Wildman–Crippen LogP) is 2.93. The SMILES string of the molecule is CC(C)C(O)c1ccn(Cc2cccc(O)c2)c1. The zero-order valence-electron chi connectivity index (χ0n) is 10.7. The Balaban J connectivity index is 2.11. The third-order valence-electron chi connectivity index (χ3n) is 3.02. The first-order valence-electron chi connectivity index (χ1n) is 6.18. The molecule has 3 nitrogen and oxygen atoms in total. The highest BCUT2D eigenvalue weighted by atomic mass is 16.3. The molecular formula is C15H19NO2. The maximum absolute atomic E-state index is 9.97. The Morgan fingerprint density at radius 2 is 2.00 bits per heavy atom. The van der Waals surface area contributed by atoms with Gasteiger partial charge < -0.3 is 14.8 Å². The maximum atomic E-state index is 9.97. The van der Waals surface area contributed by atoms with Crippen LogP contribution in [0.15, 0.2) is 42.7 Å². The number of phenols is 1. The molecule has 2 N–H and O–H groups in total. The monoisotopic (exact) mass is 245 g/mol. The van der Waals surface area contributed by atoms with Crippen molar-refractivity contribution in [3.8, 4) is 5.75 Å². The van der Waals surface area contributed by atoms with Gasteiger partial charge in [-0.2, -0.15) is 0 Å². The largest absolute Gasteiger partial charge is 0.508 e.